The molecule has 0 aliphatic carbocycles. The Labute approximate surface area is 248 Å². The molecule has 11 heteroatoms. The minimum Gasteiger partial charge on any atom is -0.348 e. The van der Waals surface area contributed by atoms with Crippen molar-refractivity contribution in [3.63, 3.8) is 0 Å². The van der Waals surface area contributed by atoms with Gasteiger partial charge in [0.05, 0.1) is 22.4 Å². The van der Waals surface area contributed by atoms with E-state index >= 15 is 0 Å². The van der Waals surface area contributed by atoms with E-state index in [1.54, 1.807) is 12.3 Å². The third-order valence-electron chi connectivity index (χ3n) is 7.36. The van der Waals surface area contributed by atoms with Crippen LogP contribution in [0.1, 0.15) is 51.6 Å². The van der Waals surface area contributed by atoms with Crippen molar-refractivity contribution < 1.29 is 17.6 Å². The predicted molar refractivity (Wildman–Crippen MR) is 159 cm³/mol. The summed E-state index contributed by atoms with van der Waals surface area (Å²) < 4.78 is 44.4. The number of carbonyl (C=O) groups is 1. The third-order valence-corrected chi connectivity index (χ3v) is 9.06. The molecule has 6 rings (SSSR count). The Bertz CT molecular complexity index is 1950. The Morgan fingerprint density at radius 1 is 1.00 bits per heavy atom. The van der Waals surface area contributed by atoms with Crippen molar-refractivity contribution in [3.05, 3.63) is 119 Å². The van der Waals surface area contributed by atoms with E-state index in [2.05, 4.69) is 32.6 Å². The molecule has 1 aliphatic rings. The van der Waals surface area contributed by atoms with E-state index in [1.165, 1.54) is 42.5 Å². The fourth-order valence-electron chi connectivity index (χ4n) is 5.06. The molecule has 3 aromatic heterocycles. The van der Waals surface area contributed by atoms with Gasteiger partial charge in [-0.25, -0.2) is 17.8 Å². The van der Waals surface area contributed by atoms with Crippen LogP contribution in [-0.4, -0.2) is 46.6 Å². The molecule has 1 fully saturated rings. The average molecular weight is 597 g/mol. The summed E-state index contributed by atoms with van der Waals surface area (Å²) in [6.45, 7) is 2.06. The fraction of sp³-hybridized carbons (Fsp3) is 0.219. The third kappa shape index (κ3) is 6.66. The lowest BCUT2D eigenvalue weighted by Crippen LogP contribution is -2.29. The Balaban J connectivity index is 1.26. The minimum atomic E-state index is -3.88. The average Bonchev–Trinajstić information content (AvgIpc) is 3.69. The molecule has 218 valence electrons. The van der Waals surface area contributed by atoms with Gasteiger partial charge < -0.3 is 15.0 Å². The Morgan fingerprint density at radius 3 is 2.63 bits per heavy atom. The quantitative estimate of drug-likeness (QED) is 0.276. The lowest BCUT2D eigenvalue weighted by molar-refractivity contribution is 0.0950. The molecule has 0 unspecified atom stereocenters. The van der Waals surface area contributed by atoms with Gasteiger partial charge in [0.2, 0.25) is 0 Å². The van der Waals surface area contributed by atoms with Crippen LogP contribution in [-0.2, 0) is 22.1 Å². The smallest absolute Gasteiger partial charge is 0.251 e. The molecule has 0 bridgehead atoms. The van der Waals surface area contributed by atoms with Gasteiger partial charge in [-0.05, 0) is 92.2 Å². The molecular formula is C32H29FN6O3S. The number of sulfone groups is 1. The van der Waals surface area contributed by atoms with Crippen molar-refractivity contribution >= 4 is 21.4 Å². The van der Waals surface area contributed by atoms with Gasteiger partial charge in [-0.2, -0.15) is 5.10 Å². The molecule has 1 aliphatic heterocycles. The van der Waals surface area contributed by atoms with Crippen LogP contribution in [0, 0.1) is 17.7 Å². The SMILES string of the molecule is O=C(NCc1ccn2ccnc2c1)c1ccc(S(=O)(=O)Cc2ccn(C3CCNCC3)n2)c(C#Cc2ccc(F)cc2)c1. The van der Waals surface area contributed by atoms with Gasteiger partial charge in [0, 0.05) is 48.0 Å². The number of aromatic nitrogens is 4. The molecule has 2 N–H and O–H groups in total. The van der Waals surface area contributed by atoms with Crippen LogP contribution in [0.2, 0.25) is 0 Å². The van der Waals surface area contributed by atoms with E-state index < -0.39 is 15.7 Å². The first-order chi connectivity index (χ1) is 20.8. The molecule has 0 saturated carbocycles. The van der Waals surface area contributed by atoms with Gasteiger partial charge >= 0.3 is 0 Å². The topological polar surface area (TPSA) is 110 Å². The van der Waals surface area contributed by atoms with Gasteiger partial charge in [0.15, 0.2) is 9.84 Å². The van der Waals surface area contributed by atoms with E-state index in [0.29, 0.717) is 11.3 Å². The van der Waals surface area contributed by atoms with Crippen molar-refractivity contribution in [2.45, 2.75) is 36.1 Å². The highest BCUT2D eigenvalue weighted by Gasteiger charge is 2.23. The first kappa shape index (κ1) is 28.3. The van der Waals surface area contributed by atoms with Crippen molar-refractivity contribution in [3.8, 4) is 11.8 Å². The van der Waals surface area contributed by atoms with Crippen LogP contribution in [0.5, 0.6) is 0 Å². The van der Waals surface area contributed by atoms with Crippen molar-refractivity contribution in [2.75, 3.05) is 13.1 Å². The maximum Gasteiger partial charge on any atom is 0.251 e. The highest BCUT2D eigenvalue weighted by atomic mass is 32.2. The van der Waals surface area contributed by atoms with Crippen molar-refractivity contribution in [1.82, 2.24) is 29.8 Å². The number of imidazole rings is 1. The first-order valence-electron chi connectivity index (χ1n) is 13.9. The number of hydrogen-bond acceptors (Lipinski definition) is 6. The molecule has 1 amide bonds. The van der Waals surface area contributed by atoms with Crippen molar-refractivity contribution in [2.24, 2.45) is 0 Å². The van der Waals surface area contributed by atoms with E-state index in [9.17, 15) is 17.6 Å². The monoisotopic (exact) mass is 596 g/mol. The maximum absolute atomic E-state index is 13.7. The first-order valence-corrected chi connectivity index (χ1v) is 15.6. The Kier molecular flexibility index (Phi) is 8.05. The van der Waals surface area contributed by atoms with Crippen LogP contribution < -0.4 is 10.6 Å². The van der Waals surface area contributed by atoms with Gasteiger partial charge in [-0.3, -0.25) is 9.48 Å². The summed E-state index contributed by atoms with van der Waals surface area (Å²) in [6.07, 6.45) is 9.08. The summed E-state index contributed by atoms with van der Waals surface area (Å²) in [6, 6.07) is 15.7. The molecule has 2 aromatic carbocycles. The zero-order valence-corrected chi connectivity index (χ0v) is 24.0. The molecule has 5 aromatic rings. The molecule has 4 heterocycles. The maximum atomic E-state index is 13.7. The summed E-state index contributed by atoms with van der Waals surface area (Å²) in [5.41, 5.74) is 3.02. The Morgan fingerprint density at radius 2 is 1.81 bits per heavy atom. The number of fused-ring (bicyclic) bond motifs is 1. The Hall–Kier alpha value is -4.79. The number of amides is 1. The highest BCUT2D eigenvalue weighted by molar-refractivity contribution is 7.90. The molecule has 43 heavy (non-hydrogen) atoms. The van der Waals surface area contributed by atoms with Crippen LogP contribution in [0.3, 0.4) is 0 Å². The number of carbonyl (C=O) groups excluding carboxylic acids is 1. The van der Waals surface area contributed by atoms with Gasteiger partial charge in [-0.15, -0.1) is 0 Å². The molecule has 0 radical (unpaired) electrons. The van der Waals surface area contributed by atoms with E-state index in [0.717, 1.165) is 37.1 Å². The normalized spacial score (nSPS) is 13.9. The number of piperidine rings is 1. The van der Waals surface area contributed by atoms with E-state index in [4.69, 9.17) is 0 Å². The summed E-state index contributed by atoms with van der Waals surface area (Å²) in [5.74, 6) is 4.73. The summed E-state index contributed by atoms with van der Waals surface area (Å²) >= 11 is 0. The molecular weight excluding hydrogens is 567 g/mol. The van der Waals surface area contributed by atoms with Gasteiger partial charge in [-0.1, -0.05) is 11.8 Å². The van der Waals surface area contributed by atoms with E-state index in [1.807, 2.05) is 39.8 Å². The number of benzene rings is 2. The zero-order valence-electron chi connectivity index (χ0n) is 23.2. The number of hydrogen-bond donors (Lipinski definition) is 2. The lowest BCUT2D eigenvalue weighted by Gasteiger charge is -2.22. The predicted octanol–water partition coefficient (Wildman–Crippen LogP) is 3.90. The fourth-order valence-corrected chi connectivity index (χ4v) is 6.48. The number of pyridine rings is 1. The molecule has 9 nitrogen and oxygen atoms in total. The molecule has 1 saturated heterocycles. The summed E-state index contributed by atoms with van der Waals surface area (Å²) in [5, 5.41) is 10.8. The number of nitrogens with zero attached hydrogens (tertiary/aromatic N) is 4. The van der Waals surface area contributed by atoms with Gasteiger partial charge in [0.1, 0.15) is 11.5 Å². The van der Waals surface area contributed by atoms with Crippen molar-refractivity contribution in [1.29, 1.82) is 0 Å². The number of halogens is 1. The van der Waals surface area contributed by atoms with Crippen LogP contribution in [0.25, 0.3) is 5.65 Å². The molecule has 0 spiro atoms. The van der Waals surface area contributed by atoms with Crippen LogP contribution >= 0.6 is 0 Å². The second-order valence-corrected chi connectivity index (χ2v) is 12.4. The highest BCUT2D eigenvalue weighted by Crippen LogP contribution is 2.23. The number of nitrogens with one attached hydrogen (secondary N) is 2. The second-order valence-electron chi connectivity index (χ2n) is 10.4. The van der Waals surface area contributed by atoms with Gasteiger partial charge in [0.25, 0.3) is 5.91 Å². The van der Waals surface area contributed by atoms with Crippen LogP contribution in [0.15, 0.2) is 90.3 Å². The summed E-state index contributed by atoms with van der Waals surface area (Å²) in [4.78, 5) is 17.4. The largest absolute Gasteiger partial charge is 0.348 e. The van der Waals surface area contributed by atoms with Crippen LogP contribution in [0.4, 0.5) is 4.39 Å². The number of rotatable bonds is 7. The lowest BCUT2D eigenvalue weighted by atomic mass is 10.1. The standard InChI is InChI=1S/C32H29FN6O3S/c33-27-6-2-23(3-7-27)1-4-25-20-26(32(40)36-21-24-11-16-38-18-15-35-31(38)19-24)5-8-30(25)43(41,42)22-28-12-17-39(37-28)29-9-13-34-14-10-29/h2-3,5-8,11-12,15-20,29,34H,9-10,13-14,21-22H2,(H,36,40). The second kappa shape index (κ2) is 12.2. The zero-order chi connectivity index (χ0) is 29.8. The van der Waals surface area contributed by atoms with E-state index in [-0.39, 0.29) is 40.3 Å². The summed E-state index contributed by atoms with van der Waals surface area (Å²) in [7, 11) is -3.88. The molecule has 0 atom stereocenters. The minimum absolute atomic E-state index is 0.000151.